The van der Waals surface area contributed by atoms with Crippen LogP contribution in [0.15, 0.2) is 21.1 Å². The Bertz CT molecular complexity index is 708. The van der Waals surface area contributed by atoms with Gasteiger partial charge in [-0.1, -0.05) is 19.0 Å². The second-order valence-corrected chi connectivity index (χ2v) is 5.77. The quantitative estimate of drug-likeness (QED) is 0.859. The molecule has 2 rings (SSSR count). The molecular formula is C15H16BrNO5. The highest BCUT2D eigenvalue weighted by Crippen LogP contribution is 2.46. The molecule has 0 radical (unpaired) electrons. The second-order valence-electron chi connectivity index (χ2n) is 4.92. The van der Waals surface area contributed by atoms with Crippen LogP contribution in [0.5, 0.6) is 11.5 Å². The smallest absolute Gasteiger partial charge is 0.374 e. The first-order valence-electron chi connectivity index (χ1n) is 6.55. The van der Waals surface area contributed by atoms with Crippen LogP contribution in [0, 0.1) is 0 Å². The van der Waals surface area contributed by atoms with Gasteiger partial charge in [-0.3, -0.25) is 0 Å². The normalized spacial score (nSPS) is 10.8. The predicted octanol–water partition coefficient (Wildman–Crippen LogP) is 3.94. The van der Waals surface area contributed by atoms with Crippen LogP contribution < -0.4 is 9.47 Å². The van der Waals surface area contributed by atoms with E-state index in [1.54, 1.807) is 20.3 Å². The van der Waals surface area contributed by atoms with E-state index in [0.29, 0.717) is 17.2 Å². The lowest BCUT2D eigenvalue weighted by Gasteiger charge is -2.20. The molecule has 1 N–H and O–H groups in total. The number of benzene rings is 1. The van der Waals surface area contributed by atoms with Gasteiger partial charge < -0.3 is 19.1 Å². The van der Waals surface area contributed by atoms with Gasteiger partial charge in [0, 0.05) is 21.7 Å². The number of ether oxygens (including phenoxy) is 2. The Balaban J connectivity index is 2.75. The summed E-state index contributed by atoms with van der Waals surface area (Å²) in [6.45, 7) is 4.01. The summed E-state index contributed by atoms with van der Waals surface area (Å²) in [6.07, 6.45) is 0. The van der Waals surface area contributed by atoms with Crippen molar-refractivity contribution in [3.63, 3.8) is 0 Å². The molecule has 2 aromatic rings. The number of carboxylic acids is 1. The Hall–Kier alpha value is -2.02. The SMILES string of the molecule is COc1cc(Br)c(-c2cc(C(=O)O)on2)c(C(C)C)c1OC. The summed E-state index contributed by atoms with van der Waals surface area (Å²) in [7, 11) is 3.12. The summed E-state index contributed by atoms with van der Waals surface area (Å²) in [5.74, 6) is -0.103. The van der Waals surface area contributed by atoms with Crippen molar-refractivity contribution in [3.8, 4) is 22.8 Å². The zero-order valence-electron chi connectivity index (χ0n) is 12.6. The summed E-state index contributed by atoms with van der Waals surface area (Å²) >= 11 is 3.49. The molecule has 0 saturated heterocycles. The number of aromatic nitrogens is 1. The van der Waals surface area contributed by atoms with Crippen molar-refractivity contribution >= 4 is 21.9 Å². The molecular weight excluding hydrogens is 354 g/mol. The molecule has 0 atom stereocenters. The number of halogens is 1. The average Bonchev–Trinajstić information content (AvgIpc) is 2.95. The monoisotopic (exact) mass is 369 g/mol. The van der Waals surface area contributed by atoms with E-state index >= 15 is 0 Å². The van der Waals surface area contributed by atoms with Gasteiger partial charge in [-0.25, -0.2) is 4.79 Å². The maximum atomic E-state index is 11.0. The summed E-state index contributed by atoms with van der Waals surface area (Å²) in [5.41, 5.74) is 2.01. The van der Waals surface area contributed by atoms with Crippen LogP contribution in [0.4, 0.5) is 0 Å². The maximum absolute atomic E-state index is 11.0. The fourth-order valence-electron chi connectivity index (χ4n) is 2.29. The number of methoxy groups -OCH3 is 2. The Morgan fingerprint density at radius 3 is 2.45 bits per heavy atom. The number of hydrogen-bond acceptors (Lipinski definition) is 5. The van der Waals surface area contributed by atoms with Crippen molar-refractivity contribution in [1.29, 1.82) is 0 Å². The van der Waals surface area contributed by atoms with Crippen molar-refractivity contribution in [2.24, 2.45) is 0 Å². The Kier molecular flexibility index (Phi) is 4.75. The Morgan fingerprint density at radius 1 is 1.32 bits per heavy atom. The van der Waals surface area contributed by atoms with Crippen LogP contribution in [-0.2, 0) is 0 Å². The van der Waals surface area contributed by atoms with Crippen LogP contribution in [-0.4, -0.2) is 30.5 Å². The highest BCUT2D eigenvalue weighted by Gasteiger charge is 2.25. The van der Waals surface area contributed by atoms with Crippen molar-refractivity contribution < 1.29 is 23.9 Å². The Morgan fingerprint density at radius 2 is 2.00 bits per heavy atom. The zero-order valence-corrected chi connectivity index (χ0v) is 14.2. The fourth-order valence-corrected chi connectivity index (χ4v) is 2.92. The topological polar surface area (TPSA) is 81.8 Å². The first kappa shape index (κ1) is 16.4. The molecule has 1 heterocycles. The second kappa shape index (κ2) is 6.39. The molecule has 0 aliphatic heterocycles. The first-order valence-corrected chi connectivity index (χ1v) is 7.34. The zero-order chi connectivity index (χ0) is 16.4. The van der Waals surface area contributed by atoms with E-state index in [4.69, 9.17) is 19.1 Å². The highest BCUT2D eigenvalue weighted by molar-refractivity contribution is 9.10. The minimum Gasteiger partial charge on any atom is -0.493 e. The van der Waals surface area contributed by atoms with Gasteiger partial charge in [-0.05, 0) is 27.9 Å². The van der Waals surface area contributed by atoms with Gasteiger partial charge in [0.05, 0.1) is 14.2 Å². The van der Waals surface area contributed by atoms with Crippen LogP contribution in [0.2, 0.25) is 0 Å². The van der Waals surface area contributed by atoms with E-state index in [1.807, 2.05) is 13.8 Å². The third-order valence-electron chi connectivity index (χ3n) is 3.21. The minimum atomic E-state index is -1.17. The number of hydrogen-bond donors (Lipinski definition) is 1. The average molecular weight is 370 g/mol. The molecule has 0 saturated carbocycles. The van der Waals surface area contributed by atoms with E-state index in [9.17, 15) is 4.79 Å². The lowest BCUT2D eigenvalue weighted by molar-refractivity contribution is 0.0652. The summed E-state index contributed by atoms with van der Waals surface area (Å²) in [4.78, 5) is 11.0. The summed E-state index contributed by atoms with van der Waals surface area (Å²) < 4.78 is 16.4. The molecule has 7 heteroatoms. The van der Waals surface area contributed by atoms with Crippen LogP contribution in [0.1, 0.15) is 35.9 Å². The van der Waals surface area contributed by atoms with Gasteiger partial charge in [-0.15, -0.1) is 0 Å². The molecule has 0 unspecified atom stereocenters. The number of carboxylic acid groups (broad SMARTS) is 1. The van der Waals surface area contributed by atoms with Crippen molar-refractivity contribution in [3.05, 3.63) is 27.9 Å². The highest BCUT2D eigenvalue weighted by atomic mass is 79.9. The number of carbonyl (C=O) groups is 1. The predicted molar refractivity (Wildman–Crippen MR) is 83.8 cm³/mol. The van der Waals surface area contributed by atoms with Crippen LogP contribution in [0.3, 0.4) is 0 Å². The van der Waals surface area contributed by atoms with Gasteiger partial charge in [0.1, 0.15) is 5.69 Å². The molecule has 22 heavy (non-hydrogen) atoms. The van der Waals surface area contributed by atoms with Crippen molar-refractivity contribution in [1.82, 2.24) is 5.16 Å². The van der Waals surface area contributed by atoms with Gasteiger partial charge >= 0.3 is 5.97 Å². The molecule has 0 aliphatic carbocycles. The standard InChI is InChI=1S/C15H16BrNO5/c1-7(2)12-13(9-6-11(15(18)19)22-17-9)8(16)5-10(20-3)14(12)21-4/h5-7H,1-4H3,(H,18,19). The number of aromatic carboxylic acids is 1. The Labute approximate surface area is 136 Å². The largest absolute Gasteiger partial charge is 0.493 e. The lowest BCUT2D eigenvalue weighted by Crippen LogP contribution is -2.02. The van der Waals surface area contributed by atoms with E-state index in [0.717, 1.165) is 15.6 Å². The summed E-state index contributed by atoms with van der Waals surface area (Å²) in [5, 5.41) is 12.8. The van der Waals surface area contributed by atoms with E-state index in [1.165, 1.54) is 6.07 Å². The third-order valence-corrected chi connectivity index (χ3v) is 3.84. The van der Waals surface area contributed by atoms with Gasteiger partial charge in [0.2, 0.25) is 5.76 Å². The fraction of sp³-hybridized carbons (Fsp3) is 0.333. The van der Waals surface area contributed by atoms with E-state index in [2.05, 4.69) is 21.1 Å². The number of rotatable bonds is 5. The van der Waals surface area contributed by atoms with Crippen molar-refractivity contribution in [2.45, 2.75) is 19.8 Å². The van der Waals surface area contributed by atoms with Gasteiger partial charge in [0.15, 0.2) is 11.5 Å². The number of nitrogens with zero attached hydrogens (tertiary/aromatic N) is 1. The summed E-state index contributed by atoms with van der Waals surface area (Å²) in [6, 6.07) is 3.15. The molecule has 118 valence electrons. The molecule has 0 fully saturated rings. The molecule has 0 aliphatic rings. The first-order chi connectivity index (χ1) is 10.4. The van der Waals surface area contributed by atoms with E-state index < -0.39 is 5.97 Å². The maximum Gasteiger partial charge on any atom is 0.374 e. The van der Waals surface area contributed by atoms with Gasteiger partial charge in [0.25, 0.3) is 0 Å². The van der Waals surface area contributed by atoms with Gasteiger partial charge in [-0.2, -0.15) is 0 Å². The lowest BCUT2D eigenvalue weighted by atomic mass is 9.93. The van der Waals surface area contributed by atoms with E-state index in [-0.39, 0.29) is 11.7 Å². The molecule has 0 amide bonds. The molecule has 0 spiro atoms. The van der Waals surface area contributed by atoms with Crippen LogP contribution >= 0.6 is 15.9 Å². The third kappa shape index (κ3) is 2.81. The molecule has 6 nitrogen and oxygen atoms in total. The molecule has 0 bridgehead atoms. The van der Waals surface area contributed by atoms with Crippen molar-refractivity contribution in [2.75, 3.05) is 14.2 Å². The molecule has 1 aromatic heterocycles. The van der Waals surface area contributed by atoms with Crippen LogP contribution in [0.25, 0.3) is 11.3 Å². The minimum absolute atomic E-state index is 0.0985. The molecule has 1 aromatic carbocycles.